The molecular weight excluding hydrogens is 401 g/mol. The molecule has 0 amide bonds. The van der Waals surface area contributed by atoms with Crippen LogP contribution in [0.5, 0.6) is 5.88 Å². The number of hydrogen-bond donors (Lipinski definition) is 0. The van der Waals surface area contributed by atoms with Crippen LogP contribution in [-0.4, -0.2) is 43.0 Å². The van der Waals surface area contributed by atoms with E-state index in [4.69, 9.17) is 4.74 Å². The van der Waals surface area contributed by atoms with Crippen LogP contribution < -0.4 is 4.74 Å². The highest BCUT2D eigenvalue weighted by Crippen LogP contribution is 2.30. The van der Waals surface area contributed by atoms with Crippen molar-refractivity contribution in [3.05, 3.63) is 36.5 Å². The number of hydrogen-bond acceptors (Lipinski definition) is 6. The largest absolute Gasteiger partial charge is 0.465 e. The summed E-state index contributed by atoms with van der Waals surface area (Å²) in [6.45, 7) is 3.77. The van der Waals surface area contributed by atoms with E-state index in [1.807, 2.05) is 0 Å². The minimum atomic E-state index is -4.53. The second kappa shape index (κ2) is 7.50. The van der Waals surface area contributed by atoms with Crippen LogP contribution in [-0.2, 0) is 10.8 Å². The van der Waals surface area contributed by atoms with E-state index in [1.54, 1.807) is 0 Å². The van der Waals surface area contributed by atoms with E-state index in [0.717, 1.165) is 11.3 Å². The summed E-state index contributed by atoms with van der Waals surface area (Å²) in [5.74, 6) is -0.960. The van der Waals surface area contributed by atoms with Crippen molar-refractivity contribution in [2.45, 2.75) is 45.3 Å². The molecule has 7 nitrogen and oxygen atoms in total. The minimum Gasteiger partial charge on any atom is -0.465 e. The number of fused-ring (bicyclic) bond motifs is 1. The molecule has 0 aliphatic carbocycles. The van der Waals surface area contributed by atoms with Crippen molar-refractivity contribution >= 4 is 5.65 Å². The Bertz CT molecular complexity index is 988. The van der Waals surface area contributed by atoms with Gasteiger partial charge in [0.25, 0.3) is 0 Å². The van der Waals surface area contributed by atoms with Gasteiger partial charge in [0, 0.05) is 24.0 Å². The highest BCUT2D eigenvalue weighted by Gasteiger charge is 2.40. The van der Waals surface area contributed by atoms with Crippen molar-refractivity contribution < 1.29 is 31.4 Å². The van der Waals surface area contributed by atoms with E-state index >= 15 is 0 Å². The van der Waals surface area contributed by atoms with Gasteiger partial charge in [-0.15, -0.1) is 10.2 Å². The first kappa shape index (κ1) is 20.8. The molecule has 12 heteroatoms. The third-order valence-corrected chi connectivity index (χ3v) is 3.73. The van der Waals surface area contributed by atoms with Gasteiger partial charge in [0.15, 0.2) is 11.8 Å². The van der Waals surface area contributed by atoms with Crippen molar-refractivity contribution in [2.24, 2.45) is 0 Å². The molecule has 0 fully saturated rings. The first-order valence-corrected chi connectivity index (χ1v) is 8.44. The van der Waals surface area contributed by atoms with Crippen molar-refractivity contribution in [2.75, 3.05) is 0 Å². The highest BCUT2D eigenvalue weighted by atomic mass is 19.4. The average Bonchev–Trinajstić information content (AvgIpc) is 3.04. The lowest BCUT2D eigenvalue weighted by molar-refractivity contribution is -0.272. The van der Waals surface area contributed by atoms with Crippen molar-refractivity contribution in [3.8, 4) is 17.1 Å². The summed E-state index contributed by atoms with van der Waals surface area (Å²) < 4.78 is 76.6. The summed E-state index contributed by atoms with van der Waals surface area (Å²) >= 11 is 0. The zero-order valence-corrected chi connectivity index (χ0v) is 15.5. The Balaban J connectivity index is 1.90. The van der Waals surface area contributed by atoms with Crippen LogP contribution in [0.25, 0.3) is 16.9 Å². The van der Waals surface area contributed by atoms with Crippen molar-refractivity contribution in [3.63, 3.8) is 0 Å². The van der Waals surface area contributed by atoms with E-state index in [2.05, 4.69) is 24.9 Å². The van der Waals surface area contributed by atoms with Crippen LogP contribution >= 0.6 is 0 Å². The SMILES string of the molecule is CC(C)OC(F)(F)c1nnc2cnc(-c3ccc(O[C@@H](C)C(F)(F)F)nc3)cn12. The zero-order chi connectivity index (χ0) is 21.4. The Morgan fingerprint density at radius 1 is 0.966 bits per heavy atom. The van der Waals surface area contributed by atoms with Crippen molar-refractivity contribution in [1.29, 1.82) is 0 Å². The molecule has 3 aromatic rings. The minimum absolute atomic E-state index is 0.0719. The summed E-state index contributed by atoms with van der Waals surface area (Å²) in [6, 6.07) is 2.64. The molecule has 3 rings (SSSR count). The predicted molar refractivity (Wildman–Crippen MR) is 90.3 cm³/mol. The van der Waals surface area contributed by atoms with E-state index in [1.165, 1.54) is 44.6 Å². The second-order valence-electron chi connectivity index (χ2n) is 6.39. The molecule has 0 aliphatic rings. The molecule has 1 atom stereocenters. The molecule has 0 aromatic carbocycles. The fourth-order valence-electron chi connectivity index (χ4n) is 2.35. The maximum atomic E-state index is 14.3. The molecule has 3 heterocycles. The number of halogens is 5. The Labute approximate surface area is 161 Å². The van der Waals surface area contributed by atoms with Gasteiger partial charge in [-0.25, -0.2) is 4.98 Å². The summed E-state index contributed by atoms with van der Waals surface area (Å²) in [7, 11) is 0. The topological polar surface area (TPSA) is 74.4 Å². The Morgan fingerprint density at radius 2 is 1.69 bits per heavy atom. The monoisotopic (exact) mass is 417 g/mol. The summed E-state index contributed by atoms with van der Waals surface area (Å²) in [6.07, 6.45) is -7.28. The number of aromatic nitrogens is 5. The first-order valence-electron chi connectivity index (χ1n) is 8.44. The van der Waals surface area contributed by atoms with Crippen LogP contribution in [0.2, 0.25) is 0 Å². The first-order chi connectivity index (χ1) is 13.5. The van der Waals surface area contributed by atoms with Gasteiger partial charge in [0.2, 0.25) is 11.7 Å². The molecule has 0 spiro atoms. The van der Waals surface area contributed by atoms with Gasteiger partial charge in [-0.1, -0.05) is 0 Å². The Morgan fingerprint density at radius 3 is 2.28 bits per heavy atom. The lowest BCUT2D eigenvalue weighted by Gasteiger charge is -2.17. The van der Waals surface area contributed by atoms with Gasteiger partial charge in [0.05, 0.1) is 18.0 Å². The number of pyridine rings is 1. The molecule has 0 unspecified atom stereocenters. The lowest BCUT2D eigenvalue weighted by Crippen LogP contribution is -2.31. The van der Waals surface area contributed by atoms with E-state index in [0.29, 0.717) is 5.56 Å². The molecule has 0 bridgehead atoms. The molecular formula is C17H16F5N5O2. The van der Waals surface area contributed by atoms with Crippen molar-refractivity contribution in [1.82, 2.24) is 24.6 Å². The smallest absolute Gasteiger partial charge is 0.425 e. The molecule has 0 N–H and O–H groups in total. The van der Waals surface area contributed by atoms with Crippen LogP contribution in [0.3, 0.4) is 0 Å². The summed E-state index contributed by atoms with van der Waals surface area (Å²) in [5.41, 5.74) is 0.663. The molecule has 3 aromatic heterocycles. The second-order valence-corrected chi connectivity index (χ2v) is 6.39. The Kier molecular flexibility index (Phi) is 5.39. The third kappa shape index (κ3) is 4.58. The normalized spacial score (nSPS) is 13.8. The molecule has 156 valence electrons. The van der Waals surface area contributed by atoms with Gasteiger partial charge < -0.3 is 9.47 Å². The number of ether oxygens (including phenoxy) is 2. The fraction of sp³-hybridized carbons (Fsp3) is 0.412. The quantitative estimate of drug-likeness (QED) is 0.565. The lowest BCUT2D eigenvalue weighted by atomic mass is 10.2. The maximum absolute atomic E-state index is 14.3. The van der Waals surface area contributed by atoms with Gasteiger partial charge >= 0.3 is 12.3 Å². The van der Waals surface area contributed by atoms with E-state index in [9.17, 15) is 22.0 Å². The van der Waals surface area contributed by atoms with Gasteiger partial charge in [-0.2, -0.15) is 22.0 Å². The highest BCUT2D eigenvalue weighted by molar-refractivity contribution is 5.59. The summed E-state index contributed by atoms with van der Waals surface area (Å²) in [4.78, 5) is 7.90. The maximum Gasteiger partial charge on any atom is 0.425 e. The predicted octanol–water partition coefficient (Wildman–Crippen LogP) is 3.99. The van der Waals surface area contributed by atoms with E-state index < -0.39 is 30.3 Å². The number of nitrogens with zero attached hydrogens (tertiary/aromatic N) is 5. The standard InChI is InChI=1S/C17H16F5N5O2/c1-9(2)29-17(21,22)15-26-25-13-7-23-12(8-27(13)15)11-4-5-14(24-6-11)28-10(3)16(18,19)20/h4-10H,1-3H3/t10-/m0/s1. The van der Waals surface area contributed by atoms with Crippen LogP contribution in [0.15, 0.2) is 30.7 Å². The molecule has 29 heavy (non-hydrogen) atoms. The molecule has 0 aliphatic heterocycles. The van der Waals surface area contributed by atoms with Gasteiger partial charge in [0.1, 0.15) is 0 Å². The van der Waals surface area contributed by atoms with Crippen LogP contribution in [0.4, 0.5) is 22.0 Å². The third-order valence-electron chi connectivity index (χ3n) is 3.73. The average molecular weight is 417 g/mol. The molecule has 0 saturated carbocycles. The van der Waals surface area contributed by atoms with Crippen LogP contribution in [0.1, 0.15) is 26.6 Å². The zero-order valence-electron chi connectivity index (χ0n) is 15.5. The summed E-state index contributed by atoms with van der Waals surface area (Å²) in [5, 5.41) is 7.13. The van der Waals surface area contributed by atoms with E-state index in [-0.39, 0.29) is 17.2 Å². The number of alkyl halides is 5. The fourth-order valence-corrected chi connectivity index (χ4v) is 2.35. The number of rotatable bonds is 6. The van der Waals surface area contributed by atoms with Gasteiger partial charge in [-0.05, 0) is 26.8 Å². The Hall–Kier alpha value is -2.89. The van der Waals surface area contributed by atoms with Gasteiger partial charge in [-0.3, -0.25) is 9.38 Å². The van der Waals surface area contributed by atoms with Crippen LogP contribution in [0, 0.1) is 0 Å². The molecule has 0 saturated heterocycles. The molecule has 0 radical (unpaired) electrons.